The van der Waals surface area contributed by atoms with Crippen molar-refractivity contribution in [3.63, 3.8) is 0 Å². The average Bonchev–Trinajstić information content (AvgIpc) is 3.04. The molecule has 1 heterocycles. The van der Waals surface area contributed by atoms with E-state index < -0.39 is 0 Å². The molecular formula is C36H44ClN3O5. The predicted molar refractivity (Wildman–Crippen MR) is 179 cm³/mol. The first kappa shape index (κ1) is 32.6. The zero-order valence-electron chi connectivity index (χ0n) is 26.8. The number of carbonyl (C=O) groups excluding carboxylic acids is 2. The maximum absolute atomic E-state index is 13.9. The molecule has 0 bridgehead atoms. The van der Waals surface area contributed by atoms with Crippen LogP contribution in [0.25, 0.3) is 0 Å². The Kier molecular flexibility index (Phi) is 10.6. The number of benzene rings is 3. The molecule has 1 saturated carbocycles. The van der Waals surface area contributed by atoms with E-state index in [-0.39, 0.29) is 37.0 Å². The summed E-state index contributed by atoms with van der Waals surface area (Å²) in [6.07, 6.45) is 4.55. The molecule has 1 aliphatic heterocycles. The van der Waals surface area contributed by atoms with Gasteiger partial charge in [0.15, 0.2) is 11.5 Å². The minimum atomic E-state index is -0.356. The van der Waals surface area contributed by atoms with Gasteiger partial charge in [0, 0.05) is 36.0 Å². The third-order valence-electron chi connectivity index (χ3n) is 8.85. The second-order valence-corrected chi connectivity index (χ2v) is 12.8. The largest absolute Gasteiger partial charge is 0.493 e. The van der Waals surface area contributed by atoms with E-state index in [1.165, 1.54) is 7.11 Å². The number of amides is 1. The summed E-state index contributed by atoms with van der Waals surface area (Å²) < 4.78 is 16.5. The number of halogens is 1. The zero-order valence-corrected chi connectivity index (χ0v) is 27.6. The van der Waals surface area contributed by atoms with Crippen LogP contribution in [0, 0.1) is 5.92 Å². The van der Waals surface area contributed by atoms with Gasteiger partial charge in [-0.05, 0) is 111 Å². The summed E-state index contributed by atoms with van der Waals surface area (Å²) in [5.74, 6) is 1.65. The van der Waals surface area contributed by atoms with Gasteiger partial charge in [0.1, 0.15) is 0 Å². The van der Waals surface area contributed by atoms with Crippen molar-refractivity contribution < 1.29 is 23.8 Å². The second-order valence-electron chi connectivity index (χ2n) is 12.3. The molecular weight excluding hydrogens is 590 g/mol. The number of hydrogen-bond donors (Lipinski definition) is 1. The van der Waals surface area contributed by atoms with E-state index in [1.54, 1.807) is 7.11 Å². The summed E-state index contributed by atoms with van der Waals surface area (Å²) in [6, 6.07) is 19.9. The SMILES string of the molecule is COC(=O)CNC1CCC(CN(C)c2ccc(N3C(=O)Cc4cc(OC)c(OC(C)C)cc4[C@@H]3c3ccc(Cl)cc3)cc2)CC1. The number of esters is 1. The molecule has 0 unspecified atom stereocenters. The predicted octanol–water partition coefficient (Wildman–Crippen LogP) is 6.57. The van der Waals surface area contributed by atoms with Gasteiger partial charge in [-0.15, -0.1) is 0 Å². The highest BCUT2D eigenvalue weighted by Gasteiger charge is 2.36. The lowest BCUT2D eigenvalue weighted by Gasteiger charge is -2.38. The van der Waals surface area contributed by atoms with Gasteiger partial charge in [0.05, 0.1) is 39.3 Å². The molecule has 240 valence electrons. The van der Waals surface area contributed by atoms with Gasteiger partial charge < -0.3 is 29.3 Å². The summed E-state index contributed by atoms with van der Waals surface area (Å²) in [5, 5.41) is 3.96. The molecule has 9 heteroatoms. The van der Waals surface area contributed by atoms with Gasteiger partial charge in [0.25, 0.3) is 0 Å². The van der Waals surface area contributed by atoms with E-state index >= 15 is 0 Å². The zero-order chi connectivity index (χ0) is 32.1. The fourth-order valence-corrected chi connectivity index (χ4v) is 6.66. The number of anilines is 2. The van der Waals surface area contributed by atoms with Crippen LogP contribution in [0.15, 0.2) is 60.7 Å². The summed E-state index contributed by atoms with van der Waals surface area (Å²) >= 11 is 6.27. The lowest BCUT2D eigenvalue weighted by molar-refractivity contribution is -0.139. The van der Waals surface area contributed by atoms with Crippen molar-refractivity contribution in [2.75, 3.05) is 44.2 Å². The van der Waals surface area contributed by atoms with Crippen LogP contribution in [0.4, 0.5) is 11.4 Å². The molecule has 1 atom stereocenters. The van der Waals surface area contributed by atoms with Crippen LogP contribution in [0.2, 0.25) is 5.02 Å². The van der Waals surface area contributed by atoms with Crippen LogP contribution < -0.4 is 24.6 Å². The van der Waals surface area contributed by atoms with Crippen LogP contribution in [-0.4, -0.2) is 58.4 Å². The Morgan fingerprint density at radius 2 is 1.69 bits per heavy atom. The van der Waals surface area contributed by atoms with E-state index in [2.05, 4.69) is 29.4 Å². The molecule has 0 saturated heterocycles. The Hall–Kier alpha value is -3.75. The maximum Gasteiger partial charge on any atom is 0.319 e. The quantitative estimate of drug-likeness (QED) is 0.239. The third-order valence-corrected chi connectivity index (χ3v) is 9.10. The molecule has 1 aliphatic carbocycles. The molecule has 5 rings (SSSR count). The number of rotatable bonds is 11. The van der Waals surface area contributed by atoms with Crippen LogP contribution in [-0.2, 0) is 20.7 Å². The molecule has 45 heavy (non-hydrogen) atoms. The van der Waals surface area contributed by atoms with Gasteiger partial charge in [0.2, 0.25) is 5.91 Å². The minimum absolute atomic E-state index is 0.0145. The van der Waals surface area contributed by atoms with E-state index in [1.807, 2.05) is 67.3 Å². The van der Waals surface area contributed by atoms with Gasteiger partial charge in [-0.3, -0.25) is 9.59 Å². The minimum Gasteiger partial charge on any atom is -0.493 e. The first-order valence-electron chi connectivity index (χ1n) is 15.7. The average molecular weight is 634 g/mol. The molecule has 3 aromatic carbocycles. The molecule has 1 amide bonds. The lowest BCUT2D eigenvalue weighted by atomic mass is 9.85. The van der Waals surface area contributed by atoms with Crippen molar-refractivity contribution >= 4 is 34.9 Å². The molecule has 1 N–H and O–H groups in total. The highest BCUT2D eigenvalue weighted by atomic mass is 35.5. The molecule has 8 nitrogen and oxygen atoms in total. The van der Waals surface area contributed by atoms with Crippen molar-refractivity contribution in [2.24, 2.45) is 5.92 Å². The number of fused-ring (bicyclic) bond motifs is 1. The monoisotopic (exact) mass is 633 g/mol. The van der Waals surface area contributed by atoms with Crippen molar-refractivity contribution in [2.45, 2.75) is 64.1 Å². The summed E-state index contributed by atoms with van der Waals surface area (Å²) in [6.45, 7) is 5.19. The van der Waals surface area contributed by atoms with E-state index in [0.29, 0.717) is 28.5 Å². The summed E-state index contributed by atoms with van der Waals surface area (Å²) in [7, 11) is 5.16. The lowest BCUT2D eigenvalue weighted by Crippen LogP contribution is -2.41. The van der Waals surface area contributed by atoms with E-state index in [0.717, 1.165) is 60.3 Å². The Bertz CT molecular complexity index is 1470. The third kappa shape index (κ3) is 7.74. The number of carbonyl (C=O) groups is 2. The number of ether oxygens (including phenoxy) is 3. The van der Waals surface area contributed by atoms with Crippen molar-refractivity contribution in [3.05, 3.63) is 82.4 Å². The van der Waals surface area contributed by atoms with Crippen molar-refractivity contribution in [3.8, 4) is 11.5 Å². The number of methoxy groups -OCH3 is 2. The summed E-state index contributed by atoms with van der Waals surface area (Å²) in [5.41, 5.74) is 4.84. The topological polar surface area (TPSA) is 80.3 Å². The Morgan fingerprint density at radius 1 is 1.00 bits per heavy atom. The first-order valence-corrected chi connectivity index (χ1v) is 16.1. The first-order chi connectivity index (χ1) is 21.7. The molecule has 0 aromatic heterocycles. The Labute approximate surface area is 271 Å². The molecule has 0 radical (unpaired) electrons. The van der Waals surface area contributed by atoms with Gasteiger partial charge in [-0.25, -0.2) is 0 Å². The highest BCUT2D eigenvalue weighted by Crippen LogP contribution is 2.44. The fourth-order valence-electron chi connectivity index (χ4n) is 6.54. The number of nitrogens with one attached hydrogen (secondary N) is 1. The fraction of sp³-hybridized carbons (Fsp3) is 0.444. The second kappa shape index (κ2) is 14.6. The van der Waals surface area contributed by atoms with Crippen LogP contribution in [0.3, 0.4) is 0 Å². The van der Waals surface area contributed by atoms with Crippen molar-refractivity contribution in [1.82, 2.24) is 5.32 Å². The van der Waals surface area contributed by atoms with Crippen LogP contribution >= 0.6 is 11.6 Å². The van der Waals surface area contributed by atoms with E-state index in [9.17, 15) is 9.59 Å². The molecule has 0 spiro atoms. The number of hydrogen-bond acceptors (Lipinski definition) is 7. The molecule has 1 fully saturated rings. The Morgan fingerprint density at radius 3 is 2.31 bits per heavy atom. The Balaban J connectivity index is 1.36. The van der Waals surface area contributed by atoms with Gasteiger partial charge in [-0.1, -0.05) is 23.7 Å². The number of nitrogens with zero attached hydrogens (tertiary/aromatic N) is 2. The van der Waals surface area contributed by atoms with Gasteiger partial charge in [-0.2, -0.15) is 0 Å². The van der Waals surface area contributed by atoms with Crippen LogP contribution in [0.1, 0.15) is 62.3 Å². The molecule has 2 aliphatic rings. The van der Waals surface area contributed by atoms with Gasteiger partial charge >= 0.3 is 5.97 Å². The highest BCUT2D eigenvalue weighted by molar-refractivity contribution is 6.30. The molecule has 3 aromatic rings. The summed E-state index contributed by atoms with van der Waals surface area (Å²) in [4.78, 5) is 29.5. The van der Waals surface area contributed by atoms with Crippen molar-refractivity contribution in [1.29, 1.82) is 0 Å². The maximum atomic E-state index is 13.9. The van der Waals surface area contributed by atoms with E-state index in [4.69, 9.17) is 25.8 Å². The normalized spacial score (nSPS) is 19.7. The van der Waals surface area contributed by atoms with Crippen LogP contribution in [0.5, 0.6) is 11.5 Å². The standard InChI is InChI=1S/C36H44ClN3O5/c1-23(2)45-33-20-31-26(18-32(33)43-4)19-34(41)40(36(31)25-8-10-27(37)11-9-25)30-16-14-29(15-17-30)39(3)22-24-6-12-28(13-7-24)38-21-35(42)44-5/h8-11,14-18,20,23-24,28,36,38H,6-7,12-13,19,21-22H2,1-5H3/t24?,28?,36-/m0/s1. The smallest absolute Gasteiger partial charge is 0.319 e.